The number of carbonyl (C=O) groups is 4. The van der Waals surface area contributed by atoms with Gasteiger partial charge in [-0.15, -0.1) is 0 Å². The monoisotopic (exact) mass is 413 g/mol. The molecule has 1 aliphatic heterocycles. The van der Waals surface area contributed by atoms with E-state index in [2.05, 4.69) is 12.2 Å². The van der Waals surface area contributed by atoms with Gasteiger partial charge in [-0.1, -0.05) is 12.2 Å². The highest BCUT2D eigenvalue weighted by molar-refractivity contribution is 6.22. The SMILES string of the molecule is O=Cc1ccc(OC(=O)c2ccc(N3C(=O)[C@@H]4[C@@H]5C=C[C@H]([C@H]6C[C@H]56)[C@@H]4C3=O)cc2)cc1. The molecule has 1 heterocycles. The second kappa shape index (κ2) is 6.48. The first kappa shape index (κ1) is 18.2. The predicted octanol–water partition coefficient (Wildman–Crippen LogP) is 3.28. The number of ether oxygens (including phenoxy) is 1. The lowest BCUT2D eigenvalue weighted by molar-refractivity contribution is -0.124. The fourth-order valence-electron chi connectivity index (χ4n) is 5.74. The van der Waals surface area contributed by atoms with Gasteiger partial charge in [0.15, 0.2) is 0 Å². The van der Waals surface area contributed by atoms with Crippen molar-refractivity contribution < 1.29 is 23.9 Å². The number of hydrogen-bond donors (Lipinski definition) is 0. The van der Waals surface area contributed by atoms with Crippen molar-refractivity contribution in [2.75, 3.05) is 4.90 Å². The van der Waals surface area contributed by atoms with Crippen LogP contribution in [-0.4, -0.2) is 24.1 Å². The minimum atomic E-state index is -0.555. The molecule has 4 aliphatic carbocycles. The fraction of sp³-hybridized carbons (Fsp3) is 0.280. The average molecular weight is 413 g/mol. The van der Waals surface area contributed by atoms with E-state index in [0.717, 1.165) is 6.42 Å². The maximum Gasteiger partial charge on any atom is 0.343 e. The van der Waals surface area contributed by atoms with Gasteiger partial charge < -0.3 is 4.74 Å². The topological polar surface area (TPSA) is 80.8 Å². The van der Waals surface area contributed by atoms with Gasteiger partial charge in [0, 0.05) is 5.56 Å². The molecule has 2 bridgehead atoms. The number of hydrogen-bond acceptors (Lipinski definition) is 5. The molecule has 154 valence electrons. The van der Waals surface area contributed by atoms with E-state index in [1.54, 1.807) is 48.5 Å². The van der Waals surface area contributed by atoms with Crippen LogP contribution in [0.15, 0.2) is 60.7 Å². The van der Waals surface area contributed by atoms with E-state index < -0.39 is 5.97 Å². The first-order valence-electron chi connectivity index (χ1n) is 10.5. The van der Waals surface area contributed by atoms with Gasteiger partial charge in [0.05, 0.1) is 23.1 Å². The largest absolute Gasteiger partial charge is 0.423 e. The Kier molecular flexibility index (Phi) is 3.81. The number of esters is 1. The predicted molar refractivity (Wildman–Crippen MR) is 110 cm³/mol. The van der Waals surface area contributed by atoms with Crippen molar-refractivity contribution in [1.29, 1.82) is 0 Å². The third-order valence-corrected chi connectivity index (χ3v) is 7.25. The Morgan fingerprint density at radius 3 is 2.00 bits per heavy atom. The van der Waals surface area contributed by atoms with E-state index in [-0.39, 0.29) is 35.5 Å². The maximum absolute atomic E-state index is 13.2. The van der Waals surface area contributed by atoms with Crippen LogP contribution >= 0.6 is 0 Å². The maximum atomic E-state index is 13.2. The summed E-state index contributed by atoms with van der Waals surface area (Å²) in [6.07, 6.45) is 6.14. The molecule has 0 unspecified atom stereocenters. The Morgan fingerprint density at radius 1 is 0.871 bits per heavy atom. The van der Waals surface area contributed by atoms with Crippen molar-refractivity contribution in [3.63, 3.8) is 0 Å². The van der Waals surface area contributed by atoms with Crippen LogP contribution in [0, 0.1) is 35.5 Å². The van der Waals surface area contributed by atoms with Crippen LogP contribution in [0.1, 0.15) is 27.1 Å². The minimum Gasteiger partial charge on any atom is -0.423 e. The fourth-order valence-corrected chi connectivity index (χ4v) is 5.74. The number of rotatable bonds is 4. The smallest absolute Gasteiger partial charge is 0.343 e. The van der Waals surface area contributed by atoms with Gasteiger partial charge in [0.1, 0.15) is 12.0 Å². The van der Waals surface area contributed by atoms with Gasteiger partial charge in [-0.25, -0.2) is 4.79 Å². The summed E-state index contributed by atoms with van der Waals surface area (Å²) in [5.41, 5.74) is 1.29. The third-order valence-electron chi connectivity index (χ3n) is 7.25. The molecule has 5 aliphatic rings. The molecule has 2 amide bonds. The Hall–Kier alpha value is -3.54. The Labute approximate surface area is 178 Å². The van der Waals surface area contributed by atoms with Crippen molar-refractivity contribution in [1.82, 2.24) is 0 Å². The van der Waals surface area contributed by atoms with Crippen molar-refractivity contribution in [3.05, 3.63) is 71.8 Å². The quantitative estimate of drug-likeness (QED) is 0.253. The number of imide groups is 1. The molecular formula is C25H19NO5. The zero-order valence-corrected chi connectivity index (χ0v) is 16.5. The Balaban J connectivity index is 1.21. The molecule has 0 aromatic heterocycles. The van der Waals surface area contributed by atoms with Crippen LogP contribution in [0.3, 0.4) is 0 Å². The lowest BCUT2D eigenvalue weighted by Gasteiger charge is -2.37. The lowest BCUT2D eigenvalue weighted by Crippen LogP contribution is -2.40. The summed E-state index contributed by atoms with van der Waals surface area (Å²) in [6, 6.07) is 12.6. The van der Waals surface area contributed by atoms with Crippen LogP contribution in [0.4, 0.5) is 5.69 Å². The molecule has 2 aromatic rings. The molecule has 6 nitrogen and oxygen atoms in total. The lowest BCUT2D eigenvalue weighted by atomic mass is 9.63. The zero-order valence-electron chi connectivity index (χ0n) is 16.5. The summed E-state index contributed by atoms with van der Waals surface area (Å²) < 4.78 is 5.33. The van der Waals surface area contributed by atoms with Crippen LogP contribution in [0.2, 0.25) is 0 Å². The van der Waals surface area contributed by atoms with E-state index in [9.17, 15) is 19.2 Å². The number of benzene rings is 2. The van der Waals surface area contributed by atoms with E-state index >= 15 is 0 Å². The van der Waals surface area contributed by atoms with Gasteiger partial charge >= 0.3 is 5.97 Å². The van der Waals surface area contributed by atoms with E-state index in [1.807, 2.05) is 0 Å². The third kappa shape index (κ3) is 2.64. The molecule has 3 fully saturated rings. The summed E-state index contributed by atoms with van der Waals surface area (Å²) in [6.45, 7) is 0. The average Bonchev–Trinajstić information content (AvgIpc) is 3.58. The molecule has 7 rings (SSSR count). The molecule has 1 saturated heterocycles. The number of aldehydes is 1. The number of nitrogens with zero attached hydrogens (tertiary/aromatic N) is 1. The summed E-state index contributed by atoms with van der Waals surface area (Å²) in [4.78, 5) is 50.8. The Bertz CT molecular complexity index is 1110. The molecule has 0 radical (unpaired) electrons. The molecule has 0 N–H and O–H groups in total. The Morgan fingerprint density at radius 2 is 1.45 bits per heavy atom. The molecule has 0 spiro atoms. The number of carbonyl (C=O) groups excluding carboxylic acids is 4. The highest BCUT2D eigenvalue weighted by Crippen LogP contribution is 2.65. The molecule has 2 aromatic carbocycles. The molecule has 6 heteroatoms. The summed E-state index contributed by atoms with van der Waals surface area (Å²) in [7, 11) is 0. The molecular weight excluding hydrogens is 394 g/mol. The number of allylic oxidation sites excluding steroid dienone is 2. The molecule has 2 saturated carbocycles. The normalized spacial score (nSPS) is 31.9. The van der Waals surface area contributed by atoms with E-state index in [1.165, 1.54) is 4.90 Å². The van der Waals surface area contributed by atoms with Gasteiger partial charge in [-0.3, -0.25) is 19.3 Å². The summed E-state index contributed by atoms with van der Waals surface area (Å²) in [5, 5.41) is 0. The first-order valence-corrected chi connectivity index (χ1v) is 10.5. The first-order chi connectivity index (χ1) is 15.1. The van der Waals surface area contributed by atoms with Gasteiger partial charge in [0.2, 0.25) is 11.8 Å². The van der Waals surface area contributed by atoms with E-state index in [4.69, 9.17) is 4.74 Å². The van der Waals surface area contributed by atoms with Gasteiger partial charge in [0.25, 0.3) is 0 Å². The standard InChI is InChI=1S/C25H19NO5/c27-12-13-1-7-16(8-2-13)31-25(30)14-3-5-15(6-4-14)26-23(28)21-17-9-10-18(20-11-19(17)20)22(21)24(26)29/h1-10,12,17-22H,11H2/t17-,18-,19-,20-,21-,22+/m1/s1. The van der Waals surface area contributed by atoms with Crippen LogP contribution in [0.25, 0.3) is 0 Å². The van der Waals surface area contributed by atoms with E-state index in [0.29, 0.717) is 40.7 Å². The molecule has 6 atom stereocenters. The second-order valence-corrected chi connectivity index (χ2v) is 8.79. The summed E-state index contributed by atoms with van der Waals surface area (Å²) >= 11 is 0. The second-order valence-electron chi connectivity index (χ2n) is 8.79. The zero-order chi connectivity index (χ0) is 21.3. The number of amides is 2. The van der Waals surface area contributed by atoms with Crippen LogP contribution in [0.5, 0.6) is 5.75 Å². The van der Waals surface area contributed by atoms with Crippen LogP contribution in [-0.2, 0) is 9.59 Å². The van der Waals surface area contributed by atoms with Crippen molar-refractivity contribution >= 4 is 29.8 Å². The van der Waals surface area contributed by atoms with Gasteiger partial charge in [-0.2, -0.15) is 0 Å². The van der Waals surface area contributed by atoms with Crippen LogP contribution < -0.4 is 9.64 Å². The van der Waals surface area contributed by atoms with Crippen molar-refractivity contribution in [2.24, 2.45) is 35.5 Å². The highest BCUT2D eigenvalue weighted by atomic mass is 16.5. The highest BCUT2D eigenvalue weighted by Gasteiger charge is 2.67. The number of anilines is 1. The minimum absolute atomic E-state index is 0.120. The summed E-state index contributed by atoms with van der Waals surface area (Å²) in [5.74, 6) is 0.528. The van der Waals surface area contributed by atoms with Gasteiger partial charge in [-0.05, 0) is 78.6 Å². The van der Waals surface area contributed by atoms with Crippen molar-refractivity contribution in [2.45, 2.75) is 6.42 Å². The van der Waals surface area contributed by atoms with Crippen molar-refractivity contribution in [3.8, 4) is 5.75 Å². The molecule has 31 heavy (non-hydrogen) atoms.